The summed E-state index contributed by atoms with van der Waals surface area (Å²) in [5, 5.41) is 11.4. The van der Waals surface area contributed by atoms with Gasteiger partial charge in [0, 0.05) is 29.2 Å². The molecule has 0 aliphatic heterocycles. The van der Waals surface area contributed by atoms with Crippen LogP contribution in [0.5, 0.6) is 0 Å². The van der Waals surface area contributed by atoms with Gasteiger partial charge < -0.3 is 4.90 Å². The minimum Gasteiger partial charge on any atom is -0.309 e. The van der Waals surface area contributed by atoms with Crippen molar-refractivity contribution in [3.05, 3.63) is 68.7 Å². The number of hydrogen-bond acceptors (Lipinski definition) is 6. The molecule has 1 heterocycles. The lowest BCUT2D eigenvalue weighted by Gasteiger charge is -2.19. The first-order valence-corrected chi connectivity index (χ1v) is 10.9. The molecule has 0 unspecified atom stereocenters. The van der Waals surface area contributed by atoms with Gasteiger partial charge in [-0.3, -0.25) is 19.8 Å². The number of halogens is 1. The van der Waals surface area contributed by atoms with Crippen molar-refractivity contribution in [2.45, 2.75) is 6.42 Å². The maximum absolute atomic E-state index is 13.0. The zero-order valence-electron chi connectivity index (χ0n) is 16.6. The predicted octanol–water partition coefficient (Wildman–Crippen LogP) is 4.97. The number of nitro groups is 1. The Balaban J connectivity index is 1.82. The number of nitrogens with zero attached hydrogens (tertiary/aromatic N) is 4. The molecule has 0 saturated carbocycles. The van der Waals surface area contributed by atoms with E-state index in [1.165, 1.54) is 29.5 Å². The van der Waals surface area contributed by atoms with Crippen molar-refractivity contribution >= 4 is 60.3 Å². The first-order chi connectivity index (χ1) is 14.3. The third-order valence-electron chi connectivity index (χ3n) is 4.35. The smallest absolute Gasteiger partial charge is 0.269 e. The molecule has 0 fully saturated rings. The molecule has 0 N–H and O–H groups in total. The summed E-state index contributed by atoms with van der Waals surface area (Å²) in [6.45, 7) is 1.40. The van der Waals surface area contributed by atoms with E-state index in [9.17, 15) is 14.9 Å². The number of fused-ring (bicyclic) bond motifs is 1. The molecular weight excluding hydrogens is 468 g/mol. The van der Waals surface area contributed by atoms with Crippen molar-refractivity contribution < 1.29 is 9.72 Å². The molecule has 0 atom stereocenters. The molecule has 1 aromatic heterocycles. The van der Waals surface area contributed by atoms with Crippen LogP contribution < -0.4 is 4.90 Å². The lowest BCUT2D eigenvalue weighted by atomic mass is 10.2. The summed E-state index contributed by atoms with van der Waals surface area (Å²) < 4.78 is 1.97. The average Bonchev–Trinajstić information content (AvgIpc) is 3.12. The summed E-state index contributed by atoms with van der Waals surface area (Å²) in [5.41, 5.74) is 1.59. The maximum atomic E-state index is 13.0. The number of carbonyl (C=O) groups excluding carboxylic acids is 1. The maximum Gasteiger partial charge on any atom is 0.269 e. The fraction of sp³-hybridized carbons (Fsp3) is 0.238. The number of aromatic nitrogens is 1. The number of hydrogen-bond donors (Lipinski definition) is 0. The van der Waals surface area contributed by atoms with E-state index < -0.39 is 4.92 Å². The molecule has 30 heavy (non-hydrogen) atoms. The molecule has 3 aromatic rings. The topological polar surface area (TPSA) is 79.6 Å². The van der Waals surface area contributed by atoms with Crippen molar-refractivity contribution in [2.75, 3.05) is 32.1 Å². The zero-order chi connectivity index (χ0) is 21.7. The fourth-order valence-corrected chi connectivity index (χ4v) is 4.36. The highest BCUT2D eigenvalue weighted by atomic mass is 79.9. The number of rotatable bonds is 8. The summed E-state index contributed by atoms with van der Waals surface area (Å²) in [5.74, 6) is -0.176. The van der Waals surface area contributed by atoms with Crippen LogP contribution in [0.3, 0.4) is 0 Å². The largest absolute Gasteiger partial charge is 0.309 e. The fourth-order valence-electron chi connectivity index (χ4n) is 2.81. The van der Waals surface area contributed by atoms with Crippen molar-refractivity contribution in [1.82, 2.24) is 9.88 Å². The highest BCUT2D eigenvalue weighted by Gasteiger charge is 2.18. The monoisotopic (exact) mass is 488 g/mol. The van der Waals surface area contributed by atoms with Crippen molar-refractivity contribution in [1.29, 1.82) is 0 Å². The molecule has 156 valence electrons. The lowest BCUT2D eigenvalue weighted by Crippen LogP contribution is -2.32. The standard InChI is InChI=1S/C21H21BrN4O3S/c1-24(2)12-3-13-25(21-23-18-10-7-16(22)14-19(18)30-21)20(27)11-6-15-4-8-17(9-5-15)26(28)29/h4-11,14H,3,12-13H2,1-2H3/b11-6-. The van der Waals surface area contributed by atoms with E-state index in [1.807, 2.05) is 32.3 Å². The van der Waals surface area contributed by atoms with Crippen LogP contribution in [0.2, 0.25) is 0 Å². The van der Waals surface area contributed by atoms with Crippen molar-refractivity contribution in [3.8, 4) is 0 Å². The van der Waals surface area contributed by atoms with Crippen LogP contribution in [0.1, 0.15) is 12.0 Å². The van der Waals surface area contributed by atoms with Gasteiger partial charge in [-0.15, -0.1) is 0 Å². The molecule has 0 spiro atoms. The SMILES string of the molecule is CN(C)CCCN(C(=O)/C=C\c1ccc([N+](=O)[O-])cc1)c1nc2ccc(Br)cc2s1. The minimum absolute atomic E-state index is 0.0180. The Labute approximate surface area is 186 Å². The predicted molar refractivity (Wildman–Crippen MR) is 125 cm³/mol. The van der Waals surface area contributed by atoms with Gasteiger partial charge in [0.15, 0.2) is 5.13 Å². The van der Waals surface area contributed by atoms with E-state index in [-0.39, 0.29) is 11.6 Å². The normalized spacial score (nSPS) is 11.5. The summed E-state index contributed by atoms with van der Waals surface area (Å²) >= 11 is 4.94. The molecule has 0 radical (unpaired) electrons. The molecular formula is C21H21BrN4O3S. The van der Waals surface area contributed by atoms with E-state index in [1.54, 1.807) is 23.1 Å². The molecule has 0 saturated heterocycles. The molecule has 3 rings (SSSR count). The molecule has 0 bridgehead atoms. The van der Waals surface area contributed by atoms with Crippen molar-refractivity contribution in [2.24, 2.45) is 0 Å². The van der Waals surface area contributed by atoms with Crippen LogP contribution in [-0.4, -0.2) is 47.9 Å². The highest BCUT2D eigenvalue weighted by molar-refractivity contribution is 9.10. The zero-order valence-corrected chi connectivity index (χ0v) is 19.0. The van der Waals surface area contributed by atoms with Crippen LogP contribution in [0.25, 0.3) is 16.3 Å². The minimum atomic E-state index is -0.448. The second kappa shape index (κ2) is 9.92. The van der Waals surface area contributed by atoms with Crippen LogP contribution in [0, 0.1) is 10.1 Å². The molecule has 7 nitrogen and oxygen atoms in total. The Bertz CT molecular complexity index is 1080. The van der Waals surface area contributed by atoms with Gasteiger partial charge in [-0.05, 0) is 69.0 Å². The van der Waals surface area contributed by atoms with Crippen LogP contribution in [-0.2, 0) is 4.79 Å². The summed E-state index contributed by atoms with van der Waals surface area (Å²) in [4.78, 5) is 31.7. The van der Waals surface area contributed by atoms with Gasteiger partial charge >= 0.3 is 0 Å². The number of nitro benzene ring substituents is 1. The summed E-state index contributed by atoms with van der Waals surface area (Å²) in [6.07, 6.45) is 3.96. The Morgan fingerprint density at radius 1 is 1.20 bits per heavy atom. The number of benzene rings is 2. The number of thiazole rings is 1. The second-order valence-corrected chi connectivity index (χ2v) is 8.86. The third kappa shape index (κ3) is 5.71. The lowest BCUT2D eigenvalue weighted by molar-refractivity contribution is -0.384. The molecule has 9 heteroatoms. The summed E-state index contributed by atoms with van der Waals surface area (Å²) in [7, 11) is 3.99. The van der Waals surface area contributed by atoms with E-state index in [4.69, 9.17) is 0 Å². The van der Waals surface area contributed by atoms with Gasteiger partial charge in [-0.1, -0.05) is 27.3 Å². The van der Waals surface area contributed by atoms with Crippen LogP contribution in [0.15, 0.2) is 53.0 Å². The summed E-state index contributed by atoms with van der Waals surface area (Å²) in [6, 6.07) is 11.9. The first-order valence-electron chi connectivity index (χ1n) is 9.28. The second-order valence-electron chi connectivity index (χ2n) is 6.94. The van der Waals surface area contributed by atoms with Crippen molar-refractivity contribution in [3.63, 3.8) is 0 Å². The van der Waals surface area contributed by atoms with E-state index in [0.717, 1.165) is 33.2 Å². The van der Waals surface area contributed by atoms with Crippen LogP contribution in [0.4, 0.5) is 10.8 Å². The molecule has 1 amide bonds. The number of non-ortho nitro benzene ring substituents is 1. The van der Waals surface area contributed by atoms with Gasteiger partial charge in [0.25, 0.3) is 11.6 Å². The Morgan fingerprint density at radius 2 is 1.93 bits per heavy atom. The quantitative estimate of drug-likeness (QED) is 0.254. The van der Waals surface area contributed by atoms with Gasteiger partial charge in [0.1, 0.15) is 0 Å². The number of carbonyl (C=O) groups is 1. The Morgan fingerprint density at radius 3 is 2.60 bits per heavy atom. The average molecular weight is 489 g/mol. The van der Waals surface area contributed by atoms with Gasteiger partial charge in [-0.2, -0.15) is 0 Å². The van der Waals surface area contributed by atoms with E-state index in [0.29, 0.717) is 11.7 Å². The highest BCUT2D eigenvalue weighted by Crippen LogP contribution is 2.31. The Kier molecular flexibility index (Phi) is 7.30. The van der Waals surface area contributed by atoms with Gasteiger partial charge in [0.2, 0.25) is 0 Å². The van der Waals surface area contributed by atoms with Gasteiger partial charge in [-0.25, -0.2) is 4.98 Å². The first kappa shape index (κ1) is 22.1. The van der Waals surface area contributed by atoms with Gasteiger partial charge in [0.05, 0.1) is 15.1 Å². The number of anilines is 1. The molecule has 0 aliphatic rings. The third-order valence-corrected chi connectivity index (χ3v) is 5.88. The molecule has 2 aromatic carbocycles. The van der Waals surface area contributed by atoms with E-state index >= 15 is 0 Å². The number of amides is 1. The molecule has 0 aliphatic carbocycles. The van der Waals surface area contributed by atoms with Crippen LogP contribution >= 0.6 is 27.3 Å². The Hall–Kier alpha value is -2.62. The van der Waals surface area contributed by atoms with E-state index in [2.05, 4.69) is 25.8 Å².